The van der Waals surface area contributed by atoms with E-state index in [2.05, 4.69) is 20.2 Å². The molecule has 5 heteroatoms. The number of fused-ring (bicyclic) bond motifs is 1. The summed E-state index contributed by atoms with van der Waals surface area (Å²) < 4.78 is 0. The first-order chi connectivity index (χ1) is 13.7. The minimum atomic E-state index is 0.0294. The van der Waals surface area contributed by atoms with Gasteiger partial charge in [-0.1, -0.05) is 30.3 Å². The van der Waals surface area contributed by atoms with Crippen LogP contribution in [-0.4, -0.2) is 35.0 Å². The van der Waals surface area contributed by atoms with Crippen LogP contribution in [0.1, 0.15) is 49.4 Å². The van der Waals surface area contributed by atoms with E-state index in [4.69, 9.17) is 0 Å². The summed E-state index contributed by atoms with van der Waals surface area (Å²) in [7, 11) is 0. The molecule has 0 unspecified atom stereocenters. The summed E-state index contributed by atoms with van der Waals surface area (Å²) in [5.74, 6) is 1.15. The van der Waals surface area contributed by atoms with Crippen LogP contribution < -0.4 is 10.2 Å². The number of hydrogen-bond donors (Lipinski definition) is 1. The number of carbonyl (C=O) groups excluding carboxylic acids is 1. The van der Waals surface area contributed by atoms with Crippen molar-refractivity contribution < 1.29 is 4.79 Å². The molecule has 0 bridgehead atoms. The molecule has 0 saturated carbocycles. The van der Waals surface area contributed by atoms with Crippen LogP contribution in [0.15, 0.2) is 42.2 Å². The maximum Gasteiger partial charge on any atom is 0.247 e. The number of nitrogens with zero attached hydrogens (tertiary/aromatic N) is 3. The monoisotopic (exact) mass is 376 g/mol. The van der Waals surface area contributed by atoms with Gasteiger partial charge in [-0.3, -0.25) is 4.79 Å². The molecule has 28 heavy (non-hydrogen) atoms. The van der Waals surface area contributed by atoms with Crippen LogP contribution in [0.4, 0.5) is 5.82 Å². The highest BCUT2D eigenvalue weighted by molar-refractivity contribution is 5.97. The molecule has 1 aliphatic heterocycles. The smallest absolute Gasteiger partial charge is 0.247 e. The molecule has 146 valence electrons. The molecular weight excluding hydrogens is 348 g/mol. The Morgan fingerprint density at radius 1 is 1.11 bits per heavy atom. The zero-order chi connectivity index (χ0) is 19.3. The van der Waals surface area contributed by atoms with Gasteiger partial charge in [-0.2, -0.15) is 0 Å². The molecule has 0 atom stereocenters. The third-order valence-electron chi connectivity index (χ3n) is 5.77. The van der Waals surface area contributed by atoms with Gasteiger partial charge in [-0.15, -0.1) is 0 Å². The van der Waals surface area contributed by atoms with Gasteiger partial charge < -0.3 is 10.2 Å². The lowest BCUT2D eigenvalue weighted by Crippen LogP contribution is -2.45. The van der Waals surface area contributed by atoms with Gasteiger partial charge in [0.15, 0.2) is 0 Å². The third kappa shape index (κ3) is 4.24. The molecular formula is C23H28N4O. The average Bonchev–Trinajstić information content (AvgIpc) is 2.74. The first kappa shape index (κ1) is 18.7. The second-order valence-corrected chi connectivity index (χ2v) is 7.80. The normalized spacial score (nSPS) is 17.9. The predicted molar refractivity (Wildman–Crippen MR) is 112 cm³/mol. The standard InChI is InChI=1S/C23H28N4O/c1-17(15-18-7-3-2-4-8-18)23(28)26-19-11-13-27(14-12-19)22-20-9-5-6-10-21(20)24-16-25-22/h2-4,7-8,15-16,19H,5-6,9-14H2,1H3,(H,26,28)/b17-15+. The van der Waals surface area contributed by atoms with Crippen LogP contribution >= 0.6 is 0 Å². The lowest BCUT2D eigenvalue weighted by Gasteiger charge is -2.35. The van der Waals surface area contributed by atoms with E-state index in [1.165, 1.54) is 24.1 Å². The maximum absolute atomic E-state index is 12.5. The summed E-state index contributed by atoms with van der Waals surface area (Å²) in [4.78, 5) is 24.0. The minimum absolute atomic E-state index is 0.0294. The molecule has 2 heterocycles. The number of benzene rings is 1. The van der Waals surface area contributed by atoms with Gasteiger partial charge in [0.25, 0.3) is 0 Å². The zero-order valence-corrected chi connectivity index (χ0v) is 16.5. The Morgan fingerprint density at radius 2 is 1.86 bits per heavy atom. The van der Waals surface area contributed by atoms with Crippen LogP contribution in [0.25, 0.3) is 6.08 Å². The molecule has 0 spiro atoms. The van der Waals surface area contributed by atoms with E-state index in [1.54, 1.807) is 6.33 Å². The van der Waals surface area contributed by atoms with Crippen LogP contribution in [0, 0.1) is 0 Å². The van der Waals surface area contributed by atoms with E-state index < -0.39 is 0 Å². The van der Waals surface area contributed by atoms with Gasteiger partial charge in [-0.25, -0.2) is 9.97 Å². The number of aryl methyl sites for hydroxylation is 1. The SMILES string of the molecule is C/C(=C\c1ccccc1)C(=O)NC1CCN(c2ncnc3c2CCCC3)CC1. The Hall–Kier alpha value is -2.69. The Kier molecular flexibility index (Phi) is 5.70. The molecule has 1 saturated heterocycles. The number of hydrogen-bond acceptors (Lipinski definition) is 4. The summed E-state index contributed by atoms with van der Waals surface area (Å²) in [6.07, 6.45) is 10.2. The highest BCUT2D eigenvalue weighted by Crippen LogP contribution is 2.28. The fourth-order valence-electron chi connectivity index (χ4n) is 4.18. The van der Waals surface area contributed by atoms with E-state index in [0.29, 0.717) is 0 Å². The summed E-state index contributed by atoms with van der Waals surface area (Å²) in [5.41, 5.74) is 4.38. The Morgan fingerprint density at radius 3 is 2.64 bits per heavy atom. The van der Waals surface area contributed by atoms with Crippen molar-refractivity contribution in [2.75, 3.05) is 18.0 Å². The predicted octanol–water partition coefficient (Wildman–Crippen LogP) is 3.54. The lowest BCUT2D eigenvalue weighted by molar-refractivity contribution is -0.118. The molecule has 1 aromatic carbocycles. The highest BCUT2D eigenvalue weighted by atomic mass is 16.1. The number of piperidine rings is 1. The molecule has 2 aromatic rings. The number of nitrogens with one attached hydrogen (secondary N) is 1. The lowest BCUT2D eigenvalue weighted by atomic mass is 9.95. The van der Waals surface area contributed by atoms with E-state index in [-0.39, 0.29) is 11.9 Å². The van der Waals surface area contributed by atoms with Gasteiger partial charge in [0.2, 0.25) is 5.91 Å². The molecule has 5 nitrogen and oxygen atoms in total. The fourth-order valence-corrected chi connectivity index (χ4v) is 4.18. The molecule has 2 aliphatic rings. The number of anilines is 1. The van der Waals surface area contributed by atoms with E-state index in [9.17, 15) is 4.79 Å². The van der Waals surface area contributed by atoms with Crippen molar-refractivity contribution in [3.8, 4) is 0 Å². The number of rotatable bonds is 4. The van der Waals surface area contributed by atoms with Crippen molar-refractivity contribution in [1.82, 2.24) is 15.3 Å². The van der Waals surface area contributed by atoms with Gasteiger partial charge in [0, 0.05) is 36.0 Å². The van der Waals surface area contributed by atoms with Crippen LogP contribution in [0.3, 0.4) is 0 Å². The first-order valence-electron chi connectivity index (χ1n) is 10.3. The van der Waals surface area contributed by atoms with Crippen LogP contribution in [-0.2, 0) is 17.6 Å². The molecule has 1 fully saturated rings. The second kappa shape index (κ2) is 8.55. The summed E-state index contributed by atoms with van der Waals surface area (Å²) >= 11 is 0. The molecule has 4 rings (SSSR count). The Balaban J connectivity index is 1.35. The molecule has 0 radical (unpaired) electrons. The minimum Gasteiger partial charge on any atom is -0.356 e. The Bertz CT molecular complexity index is 854. The summed E-state index contributed by atoms with van der Waals surface area (Å²) in [5, 5.41) is 3.21. The molecule has 1 aliphatic carbocycles. The van der Waals surface area contributed by atoms with Crippen molar-refractivity contribution in [3.05, 3.63) is 59.1 Å². The zero-order valence-electron chi connectivity index (χ0n) is 16.5. The largest absolute Gasteiger partial charge is 0.356 e. The van der Waals surface area contributed by atoms with Crippen molar-refractivity contribution >= 4 is 17.8 Å². The first-order valence-corrected chi connectivity index (χ1v) is 10.3. The molecule has 1 N–H and O–H groups in total. The number of carbonyl (C=O) groups is 1. The quantitative estimate of drug-likeness (QED) is 0.829. The van der Waals surface area contributed by atoms with Crippen LogP contribution in [0.2, 0.25) is 0 Å². The van der Waals surface area contributed by atoms with Crippen molar-refractivity contribution in [3.63, 3.8) is 0 Å². The fraction of sp³-hybridized carbons (Fsp3) is 0.435. The van der Waals surface area contributed by atoms with Gasteiger partial charge in [-0.05, 0) is 57.1 Å². The van der Waals surface area contributed by atoms with Gasteiger partial charge >= 0.3 is 0 Å². The number of amides is 1. The Labute approximate surface area is 166 Å². The topological polar surface area (TPSA) is 58.1 Å². The van der Waals surface area contributed by atoms with Crippen LogP contribution in [0.5, 0.6) is 0 Å². The van der Waals surface area contributed by atoms with Gasteiger partial charge in [0.1, 0.15) is 12.1 Å². The maximum atomic E-state index is 12.5. The summed E-state index contributed by atoms with van der Waals surface area (Å²) in [6, 6.07) is 10.2. The van der Waals surface area contributed by atoms with Crippen molar-refractivity contribution in [2.24, 2.45) is 0 Å². The van der Waals surface area contributed by atoms with E-state index in [1.807, 2.05) is 43.3 Å². The third-order valence-corrected chi connectivity index (χ3v) is 5.77. The van der Waals surface area contributed by atoms with Gasteiger partial charge in [0.05, 0.1) is 0 Å². The second-order valence-electron chi connectivity index (χ2n) is 7.80. The van der Waals surface area contributed by atoms with Crippen molar-refractivity contribution in [2.45, 2.75) is 51.5 Å². The number of aromatic nitrogens is 2. The van der Waals surface area contributed by atoms with E-state index in [0.717, 1.165) is 55.7 Å². The summed E-state index contributed by atoms with van der Waals surface area (Å²) in [6.45, 7) is 3.73. The van der Waals surface area contributed by atoms with E-state index >= 15 is 0 Å². The highest BCUT2D eigenvalue weighted by Gasteiger charge is 2.25. The molecule has 1 amide bonds. The van der Waals surface area contributed by atoms with Crippen molar-refractivity contribution in [1.29, 1.82) is 0 Å². The molecule has 1 aromatic heterocycles. The average molecular weight is 377 g/mol.